The van der Waals surface area contributed by atoms with E-state index >= 15 is 0 Å². The highest BCUT2D eigenvalue weighted by Crippen LogP contribution is 2.23. The second-order valence-electron chi connectivity index (χ2n) is 4.80. The third-order valence-electron chi connectivity index (χ3n) is 3.06. The molecular weight excluding hydrogens is 276 g/mol. The Morgan fingerprint density at radius 3 is 2.50 bits per heavy atom. The first-order valence-electron chi connectivity index (χ1n) is 6.54. The van der Waals surface area contributed by atoms with E-state index in [2.05, 4.69) is 0 Å². The molecule has 0 unspecified atom stereocenters. The van der Waals surface area contributed by atoms with E-state index in [1.807, 2.05) is 6.92 Å². The summed E-state index contributed by atoms with van der Waals surface area (Å²) in [7, 11) is -3.32. The van der Waals surface area contributed by atoms with E-state index in [1.165, 1.54) is 0 Å². The maximum absolute atomic E-state index is 12.1. The average Bonchev–Trinajstić information content (AvgIpc) is 2.39. The van der Waals surface area contributed by atoms with Gasteiger partial charge in [0.1, 0.15) is 0 Å². The number of hydrogen-bond donors (Lipinski definition) is 1. The second-order valence-corrected chi connectivity index (χ2v) is 7.31. The van der Waals surface area contributed by atoms with Crippen LogP contribution in [0.5, 0.6) is 0 Å². The molecule has 0 aliphatic rings. The zero-order chi connectivity index (χ0) is 15.3. The number of sulfone groups is 1. The fourth-order valence-electron chi connectivity index (χ4n) is 1.82. The molecule has 0 radical (unpaired) electrons. The summed E-state index contributed by atoms with van der Waals surface area (Å²) in [5.74, 6) is -0.901. The quantitative estimate of drug-likeness (QED) is 0.875. The normalized spacial score (nSPS) is 12.7. The fourth-order valence-corrected chi connectivity index (χ4v) is 2.93. The lowest BCUT2D eigenvalue weighted by molar-refractivity contribution is -0.135. The van der Waals surface area contributed by atoms with Crippen LogP contribution in [0.4, 0.5) is 0 Å². The number of carboxylic acids is 1. The predicted molar refractivity (Wildman–Crippen MR) is 79.3 cm³/mol. The summed E-state index contributed by atoms with van der Waals surface area (Å²) in [6.07, 6.45) is 2.21. The van der Waals surface area contributed by atoms with Crippen molar-refractivity contribution in [2.24, 2.45) is 0 Å². The van der Waals surface area contributed by atoms with Crippen LogP contribution < -0.4 is 0 Å². The van der Waals surface area contributed by atoms with Crippen LogP contribution in [0, 0.1) is 0 Å². The van der Waals surface area contributed by atoms with Crippen LogP contribution in [0.15, 0.2) is 35.2 Å². The Kier molecular flexibility index (Phi) is 5.51. The van der Waals surface area contributed by atoms with Gasteiger partial charge in [-0.1, -0.05) is 25.1 Å². The second kappa shape index (κ2) is 6.70. The van der Waals surface area contributed by atoms with Crippen LogP contribution in [-0.4, -0.2) is 24.7 Å². The molecule has 0 saturated carbocycles. The maximum atomic E-state index is 12.1. The van der Waals surface area contributed by atoms with Crippen molar-refractivity contribution in [3.63, 3.8) is 0 Å². The minimum Gasteiger partial charge on any atom is -0.481 e. The maximum Gasteiger partial charge on any atom is 0.307 e. The van der Waals surface area contributed by atoms with Gasteiger partial charge in [0.05, 0.1) is 16.6 Å². The SMILES string of the molecule is CC/C(=C\CC(=O)O)c1cccc(S(=O)(=O)C(C)C)c1. The highest BCUT2D eigenvalue weighted by molar-refractivity contribution is 7.92. The smallest absolute Gasteiger partial charge is 0.307 e. The van der Waals surface area contributed by atoms with E-state index in [9.17, 15) is 13.2 Å². The van der Waals surface area contributed by atoms with E-state index < -0.39 is 21.1 Å². The number of rotatable bonds is 6. The fraction of sp³-hybridized carbons (Fsp3) is 0.400. The van der Waals surface area contributed by atoms with Crippen molar-refractivity contribution in [3.8, 4) is 0 Å². The summed E-state index contributed by atoms with van der Waals surface area (Å²) in [6, 6.07) is 6.68. The van der Waals surface area contributed by atoms with Gasteiger partial charge in [-0.2, -0.15) is 0 Å². The van der Waals surface area contributed by atoms with Gasteiger partial charge in [0.2, 0.25) is 0 Å². The van der Waals surface area contributed by atoms with Gasteiger partial charge in [0.25, 0.3) is 0 Å². The number of aliphatic carboxylic acids is 1. The minimum absolute atomic E-state index is 0.0651. The molecule has 1 N–H and O–H groups in total. The molecule has 1 aromatic rings. The Bertz CT molecular complexity index is 613. The molecule has 20 heavy (non-hydrogen) atoms. The van der Waals surface area contributed by atoms with Crippen molar-refractivity contribution in [1.82, 2.24) is 0 Å². The molecule has 0 heterocycles. The average molecular weight is 296 g/mol. The van der Waals surface area contributed by atoms with E-state index in [0.717, 1.165) is 11.1 Å². The lowest BCUT2D eigenvalue weighted by Crippen LogP contribution is -2.14. The molecule has 0 fully saturated rings. The zero-order valence-corrected chi connectivity index (χ0v) is 12.8. The van der Waals surface area contributed by atoms with Gasteiger partial charge in [-0.3, -0.25) is 4.79 Å². The molecule has 0 aliphatic heterocycles. The Morgan fingerprint density at radius 2 is 2.00 bits per heavy atom. The summed E-state index contributed by atoms with van der Waals surface area (Å²) < 4.78 is 24.3. The number of hydrogen-bond acceptors (Lipinski definition) is 3. The van der Waals surface area contributed by atoms with Gasteiger partial charge in [-0.25, -0.2) is 8.42 Å². The Balaban J connectivity index is 3.22. The molecule has 0 spiro atoms. The molecule has 1 rings (SSSR count). The van der Waals surface area contributed by atoms with Crippen LogP contribution in [0.1, 0.15) is 39.2 Å². The number of benzene rings is 1. The summed E-state index contributed by atoms with van der Waals surface area (Å²) in [4.78, 5) is 10.9. The summed E-state index contributed by atoms with van der Waals surface area (Å²) >= 11 is 0. The Labute approximate surface area is 120 Å². The predicted octanol–water partition coefficient (Wildman–Crippen LogP) is 3.14. The van der Waals surface area contributed by atoms with Crippen LogP contribution in [0.25, 0.3) is 5.57 Å². The number of carbonyl (C=O) groups is 1. The van der Waals surface area contributed by atoms with Crippen molar-refractivity contribution >= 4 is 21.4 Å². The topological polar surface area (TPSA) is 71.4 Å². The van der Waals surface area contributed by atoms with Crippen molar-refractivity contribution in [2.75, 3.05) is 0 Å². The third kappa shape index (κ3) is 3.93. The largest absolute Gasteiger partial charge is 0.481 e. The van der Waals surface area contributed by atoms with Crippen molar-refractivity contribution in [1.29, 1.82) is 0 Å². The lowest BCUT2D eigenvalue weighted by Gasteiger charge is -2.11. The van der Waals surface area contributed by atoms with Gasteiger partial charge in [-0.05, 0) is 43.5 Å². The van der Waals surface area contributed by atoms with Crippen LogP contribution >= 0.6 is 0 Å². The van der Waals surface area contributed by atoms with E-state index in [4.69, 9.17) is 5.11 Å². The Morgan fingerprint density at radius 1 is 1.35 bits per heavy atom. The first-order valence-corrected chi connectivity index (χ1v) is 8.08. The standard InChI is InChI=1S/C15H20O4S/c1-4-12(8-9-15(16)17)13-6-5-7-14(10-13)20(18,19)11(2)3/h5-8,10-11H,4,9H2,1-3H3,(H,16,17)/b12-8+. The van der Waals surface area contributed by atoms with Crippen LogP contribution in [0.2, 0.25) is 0 Å². The van der Waals surface area contributed by atoms with Crippen LogP contribution in [-0.2, 0) is 14.6 Å². The molecule has 0 aromatic heterocycles. The van der Waals surface area contributed by atoms with Crippen molar-refractivity contribution in [3.05, 3.63) is 35.9 Å². The summed E-state index contributed by atoms with van der Waals surface area (Å²) in [5, 5.41) is 8.24. The lowest BCUT2D eigenvalue weighted by atomic mass is 10.0. The first kappa shape index (κ1) is 16.4. The summed E-state index contributed by atoms with van der Waals surface area (Å²) in [6.45, 7) is 5.20. The number of carboxylic acid groups (broad SMARTS) is 1. The zero-order valence-electron chi connectivity index (χ0n) is 12.0. The van der Waals surface area contributed by atoms with E-state index in [0.29, 0.717) is 6.42 Å². The molecule has 0 saturated heterocycles. The minimum atomic E-state index is -3.32. The summed E-state index contributed by atoms with van der Waals surface area (Å²) in [5.41, 5.74) is 1.60. The van der Waals surface area contributed by atoms with Gasteiger partial charge in [0.15, 0.2) is 9.84 Å². The molecule has 110 valence electrons. The van der Waals surface area contributed by atoms with Gasteiger partial charge < -0.3 is 5.11 Å². The molecule has 0 atom stereocenters. The third-order valence-corrected chi connectivity index (χ3v) is 5.21. The molecular formula is C15H20O4S. The highest BCUT2D eigenvalue weighted by atomic mass is 32.2. The molecule has 0 aliphatic carbocycles. The van der Waals surface area contributed by atoms with E-state index in [1.54, 1.807) is 44.2 Å². The van der Waals surface area contributed by atoms with Gasteiger partial charge >= 0.3 is 5.97 Å². The molecule has 1 aromatic carbocycles. The molecule has 4 nitrogen and oxygen atoms in total. The highest BCUT2D eigenvalue weighted by Gasteiger charge is 2.19. The molecule has 5 heteroatoms. The van der Waals surface area contributed by atoms with Crippen molar-refractivity contribution in [2.45, 2.75) is 43.8 Å². The van der Waals surface area contributed by atoms with Crippen molar-refractivity contribution < 1.29 is 18.3 Å². The van der Waals surface area contributed by atoms with Crippen LogP contribution in [0.3, 0.4) is 0 Å². The van der Waals surface area contributed by atoms with Gasteiger partial charge in [-0.15, -0.1) is 0 Å². The monoisotopic (exact) mass is 296 g/mol. The van der Waals surface area contributed by atoms with Gasteiger partial charge in [0, 0.05) is 0 Å². The molecule has 0 bridgehead atoms. The van der Waals surface area contributed by atoms with E-state index in [-0.39, 0.29) is 11.3 Å². The molecule has 0 amide bonds. The first-order chi connectivity index (χ1) is 9.28. The Hall–Kier alpha value is -1.62. The number of allylic oxidation sites excluding steroid dienone is 1.